The first-order chi connectivity index (χ1) is 9.84. The largest absolute Gasteiger partial charge is 0.294 e. The molecule has 0 aliphatic carbocycles. The van der Waals surface area contributed by atoms with Crippen LogP contribution in [0.4, 0.5) is 22.0 Å². The summed E-state index contributed by atoms with van der Waals surface area (Å²) >= 11 is 0. The van der Waals surface area contributed by atoms with Gasteiger partial charge in [-0.05, 0) is 18.1 Å². The molecule has 0 unspecified atom stereocenters. The highest BCUT2D eigenvalue weighted by molar-refractivity contribution is 5.98. The topological polar surface area (TPSA) is 17.1 Å². The molecule has 2 aromatic rings. The summed E-state index contributed by atoms with van der Waals surface area (Å²) in [6.07, 6.45) is -0.453. The highest BCUT2D eigenvalue weighted by Crippen LogP contribution is 2.24. The summed E-state index contributed by atoms with van der Waals surface area (Å²) in [4.78, 5) is 11.9. The number of hydrogen-bond acceptors (Lipinski definition) is 1. The number of ketones is 1. The maximum absolute atomic E-state index is 13.5. The van der Waals surface area contributed by atoms with Crippen LogP contribution in [0.15, 0.2) is 24.3 Å². The molecule has 0 bridgehead atoms. The Morgan fingerprint density at radius 3 is 1.86 bits per heavy atom. The van der Waals surface area contributed by atoms with E-state index in [0.717, 1.165) is 0 Å². The lowest BCUT2D eigenvalue weighted by molar-refractivity contribution is 0.0981. The van der Waals surface area contributed by atoms with Crippen molar-refractivity contribution in [2.75, 3.05) is 0 Å². The van der Waals surface area contributed by atoms with Gasteiger partial charge in [-0.2, -0.15) is 0 Å². The fraction of sp³-hybridized carbons (Fsp3) is 0.133. The minimum Gasteiger partial charge on any atom is -0.294 e. The molecule has 21 heavy (non-hydrogen) atoms. The molecular weight excluding hydrogens is 291 g/mol. The van der Waals surface area contributed by atoms with Crippen LogP contribution < -0.4 is 0 Å². The second kappa shape index (κ2) is 5.63. The number of halogens is 5. The lowest BCUT2D eigenvalue weighted by Crippen LogP contribution is -2.15. The van der Waals surface area contributed by atoms with Gasteiger partial charge in [-0.15, -0.1) is 0 Å². The van der Waals surface area contributed by atoms with Crippen LogP contribution in [-0.4, -0.2) is 5.78 Å². The van der Waals surface area contributed by atoms with Crippen molar-refractivity contribution in [2.45, 2.75) is 13.3 Å². The van der Waals surface area contributed by atoms with Gasteiger partial charge in [0.25, 0.3) is 0 Å². The minimum atomic E-state index is -2.28. The van der Waals surface area contributed by atoms with Gasteiger partial charge in [-0.3, -0.25) is 4.79 Å². The molecule has 0 heterocycles. The molecule has 0 spiro atoms. The zero-order valence-electron chi connectivity index (χ0n) is 10.8. The number of carbonyl (C=O) groups excluding carboxylic acids is 1. The third-order valence-corrected chi connectivity index (χ3v) is 3.10. The molecule has 2 rings (SSSR count). The van der Waals surface area contributed by atoms with Crippen LogP contribution in [0, 0.1) is 36.0 Å². The Kier molecular flexibility index (Phi) is 4.06. The number of Topliss-reactive ketones (excluding diaryl/α,β-unsaturated/α-hetero) is 1. The van der Waals surface area contributed by atoms with Crippen molar-refractivity contribution in [2.24, 2.45) is 0 Å². The Morgan fingerprint density at radius 2 is 1.33 bits per heavy atom. The van der Waals surface area contributed by atoms with E-state index in [-0.39, 0.29) is 0 Å². The first-order valence-corrected chi connectivity index (χ1v) is 5.93. The third-order valence-electron chi connectivity index (χ3n) is 3.10. The summed E-state index contributed by atoms with van der Waals surface area (Å²) in [6, 6.07) is 6.51. The lowest BCUT2D eigenvalue weighted by atomic mass is 9.98. The summed E-state index contributed by atoms with van der Waals surface area (Å²) in [7, 11) is 0. The standard InChI is InChI=1S/C15H9F5O/c1-7-4-2-3-5-8(7)6-9(21)10-11(16)13(18)15(20)14(19)12(10)17/h2-5H,6H2,1H3. The number of carbonyl (C=O) groups is 1. The summed E-state index contributed by atoms with van der Waals surface area (Å²) in [5, 5.41) is 0. The average Bonchev–Trinajstić information content (AvgIpc) is 2.46. The molecule has 0 aliphatic heterocycles. The van der Waals surface area contributed by atoms with Crippen molar-refractivity contribution in [3.05, 3.63) is 70.0 Å². The summed E-state index contributed by atoms with van der Waals surface area (Å²) in [5.41, 5.74) is -0.282. The van der Waals surface area contributed by atoms with Crippen LogP contribution >= 0.6 is 0 Å². The van der Waals surface area contributed by atoms with Gasteiger partial charge < -0.3 is 0 Å². The van der Waals surface area contributed by atoms with Crippen LogP contribution in [0.3, 0.4) is 0 Å². The van der Waals surface area contributed by atoms with Crippen molar-refractivity contribution in [3.63, 3.8) is 0 Å². The van der Waals surface area contributed by atoms with E-state index >= 15 is 0 Å². The van der Waals surface area contributed by atoms with Gasteiger partial charge in [-0.1, -0.05) is 24.3 Å². The number of aryl methyl sites for hydroxylation is 1. The minimum absolute atomic E-state index is 0.450. The van der Waals surface area contributed by atoms with Crippen molar-refractivity contribution in [1.29, 1.82) is 0 Å². The van der Waals surface area contributed by atoms with Crippen LogP contribution in [0.25, 0.3) is 0 Å². The van der Waals surface area contributed by atoms with Gasteiger partial charge in [-0.25, -0.2) is 22.0 Å². The molecule has 0 atom stereocenters. The normalized spacial score (nSPS) is 10.8. The van der Waals surface area contributed by atoms with E-state index in [9.17, 15) is 26.7 Å². The van der Waals surface area contributed by atoms with E-state index in [1.165, 1.54) is 0 Å². The Labute approximate surface area is 117 Å². The Hall–Kier alpha value is -2.24. The second-order valence-corrected chi connectivity index (χ2v) is 4.47. The number of hydrogen-bond donors (Lipinski definition) is 0. The van der Waals surface area contributed by atoms with Crippen molar-refractivity contribution >= 4 is 5.78 Å². The van der Waals surface area contributed by atoms with Crippen LogP contribution in [-0.2, 0) is 6.42 Å². The molecule has 0 aliphatic rings. The molecule has 0 N–H and O–H groups in total. The van der Waals surface area contributed by atoms with Crippen LogP contribution in [0.2, 0.25) is 0 Å². The van der Waals surface area contributed by atoms with E-state index in [2.05, 4.69) is 0 Å². The summed E-state index contributed by atoms with van der Waals surface area (Å²) in [5.74, 6) is -11.9. The molecule has 0 amide bonds. The monoisotopic (exact) mass is 300 g/mol. The van der Waals surface area contributed by atoms with E-state index in [4.69, 9.17) is 0 Å². The number of benzene rings is 2. The van der Waals surface area contributed by atoms with Gasteiger partial charge in [0.1, 0.15) is 0 Å². The quantitative estimate of drug-likeness (QED) is 0.361. The van der Waals surface area contributed by atoms with Gasteiger partial charge in [0.2, 0.25) is 5.82 Å². The predicted octanol–water partition coefficient (Wildman–Crippen LogP) is 4.12. The van der Waals surface area contributed by atoms with Crippen LogP contribution in [0.5, 0.6) is 0 Å². The highest BCUT2D eigenvalue weighted by Gasteiger charge is 2.29. The molecule has 0 aromatic heterocycles. The lowest BCUT2D eigenvalue weighted by Gasteiger charge is -2.08. The molecule has 6 heteroatoms. The maximum Gasteiger partial charge on any atom is 0.200 e. The van der Waals surface area contributed by atoms with E-state index < -0.39 is 46.9 Å². The summed E-state index contributed by atoms with van der Waals surface area (Å²) < 4.78 is 66.1. The molecule has 0 radical (unpaired) electrons. The fourth-order valence-electron chi connectivity index (χ4n) is 1.92. The average molecular weight is 300 g/mol. The second-order valence-electron chi connectivity index (χ2n) is 4.47. The molecule has 1 nitrogen and oxygen atoms in total. The first kappa shape index (κ1) is 15.2. The molecule has 110 valence electrons. The van der Waals surface area contributed by atoms with E-state index in [0.29, 0.717) is 11.1 Å². The number of rotatable bonds is 3. The van der Waals surface area contributed by atoms with Gasteiger partial charge in [0.15, 0.2) is 29.1 Å². The first-order valence-electron chi connectivity index (χ1n) is 5.93. The Bertz CT molecular complexity index is 695. The Balaban J connectivity index is 2.48. The Morgan fingerprint density at radius 1 is 0.857 bits per heavy atom. The molecule has 2 aromatic carbocycles. The molecule has 0 saturated carbocycles. The smallest absolute Gasteiger partial charge is 0.200 e. The zero-order chi connectivity index (χ0) is 15.7. The van der Waals surface area contributed by atoms with Crippen molar-refractivity contribution < 1.29 is 26.7 Å². The zero-order valence-corrected chi connectivity index (χ0v) is 10.8. The van der Waals surface area contributed by atoms with E-state index in [1.54, 1.807) is 31.2 Å². The van der Waals surface area contributed by atoms with Gasteiger partial charge in [0, 0.05) is 6.42 Å². The molecular formula is C15H9F5O. The van der Waals surface area contributed by atoms with Crippen molar-refractivity contribution in [1.82, 2.24) is 0 Å². The molecule has 0 fully saturated rings. The predicted molar refractivity (Wildman–Crippen MR) is 65.4 cm³/mol. The van der Waals surface area contributed by atoms with E-state index in [1.807, 2.05) is 0 Å². The third kappa shape index (κ3) is 2.66. The SMILES string of the molecule is Cc1ccccc1CC(=O)c1c(F)c(F)c(F)c(F)c1F. The fourth-order valence-corrected chi connectivity index (χ4v) is 1.92. The summed E-state index contributed by atoms with van der Waals surface area (Å²) in [6.45, 7) is 1.67. The van der Waals surface area contributed by atoms with Crippen molar-refractivity contribution in [3.8, 4) is 0 Å². The maximum atomic E-state index is 13.5. The van der Waals surface area contributed by atoms with Crippen LogP contribution in [0.1, 0.15) is 21.5 Å². The van der Waals surface area contributed by atoms with Gasteiger partial charge >= 0.3 is 0 Å². The van der Waals surface area contributed by atoms with Gasteiger partial charge in [0.05, 0.1) is 5.56 Å². The molecule has 0 saturated heterocycles. The highest BCUT2D eigenvalue weighted by atomic mass is 19.2.